The van der Waals surface area contributed by atoms with Gasteiger partial charge >= 0.3 is 0 Å². The molecule has 0 nitrogen and oxygen atoms in total. The molecule has 0 unspecified atom stereocenters. The second kappa shape index (κ2) is 6.53. The van der Waals surface area contributed by atoms with Gasteiger partial charge in [0.2, 0.25) is 0 Å². The normalized spacial score (nSPS) is 9.54. The lowest BCUT2D eigenvalue weighted by molar-refractivity contribution is 0.948. The average molecular weight is 171 g/mol. The van der Waals surface area contributed by atoms with Crippen LogP contribution in [0.15, 0.2) is 43.0 Å². The number of hydrogen-bond donors (Lipinski definition) is 0. The Labute approximate surface area is 81.9 Å². The number of unbranched alkanes of at least 4 members (excludes halogenated alkanes) is 1. The fourth-order valence-electron chi connectivity index (χ4n) is 1.29. The summed E-state index contributed by atoms with van der Waals surface area (Å²) in [6.07, 6.45) is 6.64. The van der Waals surface area contributed by atoms with E-state index in [0.29, 0.717) is 0 Å². The first-order valence-electron chi connectivity index (χ1n) is 4.90. The van der Waals surface area contributed by atoms with Crippen molar-refractivity contribution >= 4 is 7.28 Å². The second-order valence-electron chi connectivity index (χ2n) is 3.20. The number of allylic oxidation sites excluding steroid dienone is 1. The van der Waals surface area contributed by atoms with Crippen LogP contribution in [-0.2, 0) is 6.32 Å². The Morgan fingerprint density at radius 3 is 2.69 bits per heavy atom. The summed E-state index contributed by atoms with van der Waals surface area (Å²) in [7, 11) is 2.35. The third kappa shape index (κ3) is 4.57. The molecule has 1 radical (unpaired) electrons. The Hall–Kier alpha value is -0.975. The molecule has 0 atom stereocenters. The van der Waals surface area contributed by atoms with Crippen molar-refractivity contribution in [1.29, 1.82) is 0 Å². The van der Waals surface area contributed by atoms with Crippen LogP contribution in [0.1, 0.15) is 18.4 Å². The van der Waals surface area contributed by atoms with Crippen molar-refractivity contribution in [2.24, 2.45) is 0 Å². The van der Waals surface area contributed by atoms with Crippen LogP contribution >= 0.6 is 0 Å². The van der Waals surface area contributed by atoms with Gasteiger partial charge in [-0.15, -0.1) is 6.58 Å². The monoisotopic (exact) mass is 171 g/mol. The average Bonchev–Trinajstić information content (AvgIpc) is 2.19. The van der Waals surface area contributed by atoms with Crippen LogP contribution in [0, 0.1) is 0 Å². The molecule has 0 N–H and O–H groups in total. The van der Waals surface area contributed by atoms with Crippen molar-refractivity contribution in [2.75, 3.05) is 0 Å². The first-order chi connectivity index (χ1) is 6.43. The summed E-state index contributed by atoms with van der Waals surface area (Å²) in [6.45, 7) is 3.70. The highest BCUT2D eigenvalue weighted by Gasteiger charge is 1.92. The Kier molecular flexibility index (Phi) is 5.08. The summed E-state index contributed by atoms with van der Waals surface area (Å²) in [5.41, 5.74) is 1.40. The highest BCUT2D eigenvalue weighted by molar-refractivity contribution is 6.34. The van der Waals surface area contributed by atoms with Crippen molar-refractivity contribution in [3.05, 3.63) is 48.6 Å². The molecule has 0 spiro atoms. The van der Waals surface area contributed by atoms with E-state index in [1.807, 2.05) is 6.08 Å². The molecule has 1 rings (SSSR count). The van der Waals surface area contributed by atoms with Gasteiger partial charge in [-0.05, 0) is 6.42 Å². The van der Waals surface area contributed by atoms with Crippen molar-refractivity contribution in [3.63, 3.8) is 0 Å². The van der Waals surface area contributed by atoms with Crippen LogP contribution in [0.3, 0.4) is 0 Å². The highest BCUT2D eigenvalue weighted by atomic mass is 13.9. The predicted octanol–water partition coefficient (Wildman–Crippen LogP) is 3.28. The van der Waals surface area contributed by atoms with Gasteiger partial charge in [0.25, 0.3) is 0 Å². The van der Waals surface area contributed by atoms with Crippen molar-refractivity contribution < 1.29 is 0 Å². The van der Waals surface area contributed by atoms with Gasteiger partial charge in [0, 0.05) is 0 Å². The molecule has 0 saturated heterocycles. The topological polar surface area (TPSA) is 0 Å². The predicted molar refractivity (Wildman–Crippen MR) is 60.1 cm³/mol. The zero-order valence-corrected chi connectivity index (χ0v) is 8.08. The van der Waals surface area contributed by atoms with Crippen LogP contribution in [0.4, 0.5) is 0 Å². The van der Waals surface area contributed by atoms with E-state index in [1.54, 1.807) is 0 Å². The minimum Gasteiger partial charge on any atom is -0.103 e. The second-order valence-corrected chi connectivity index (χ2v) is 3.20. The molecule has 67 valence electrons. The largest absolute Gasteiger partial charge is 0.115 e. The summed E-state index contributed by atoms with van der Waals surface area (Å²) in [5.74, 6) is 0. The summed E-state index contributed by atoms with van der Waals surface area (Å²) >= 11 is 0. The summed E-state index contributed by atoms with van der Waals surface area (Å²) in [4.78, 5) is 0. The van der Waals surface area contributed by atoms with E-state index in [-0.39, 0.29) is 0 Å². The molecule has 0 heterocycles. The minimum atomic E-state index is 1.10. The van der Waals surface area contributed by atoms with Crippen LogP contribution in [0.5, 0.6) is 0 Å². The van der Waals surface area contributed by atoms with Gasteiger partial charge in [0.1, 0.15) is 7.28 Å². The summed E-state index contributed by atoms with van der Waals surface area (Å²) < 4.78 is 0. The molecule has 1 aromatic carbocycles. The molecule has 0 fully saturated rings. The zero-order chi connectivity index (χ0) is 9.36. The van der Waals surface area contributed by atoms with Crippen LogP contribution in [0.25, 0.3) is 0 Å². The van der Waals surface area contributed by atoms with Gasteiger partial charge in [-0.1, -0.05) is 61.0 Å². The molecule has 0 aliphatic rings. The molecular formula is C12H16B. The van der Waals surface area contributed by atoms with Crippen molar-refractivity contribution in [2.45, 2.75) is 25.5 Å². The summed E-state index contributed by atoms with van der Waals surface area (Å²) in [5, 5.41) is 0. The molecule has 1 aromatic rings. The number of hydrogen-bond acceptors (Lipinski definition) is 0. The van der Waals surface area contributed by atoms with Gasteiger partial charge in [0.15, 0.2) is 0 Å². The molecule has 13 heavy (non-hydrogen) atoms. The lowest BCUT2D eigenvalue weighted by Gasteiger charge is -1.98. The fourth-order valence-corrected chi connectivity index (χ4v) is 1.29. The molecule has 0 aromatic heterocycles. The van der Waals surface area contributed by atoms with Gasteiger partial charge in [-0.3, -0.25) is 0 Å². The zero-order valence-electron chi connectivity index (χ0n) is 8.08. The van der Waals surface area contributed by atoms with Crippen LogP contribution in [0.2, 0.25) is 6.32 Å². The van der Waals surface area contributed by atoms with E-state index in [9.17, 15) is 0 Å². The lowest BCUT2D eigenvalue weighted by Crippen LogP contribution is -1.95. The van der Waals surface area contributed by atoms with E-state index in [0.717, 1.165) is 12.7 Å². The molecular weight excluding hydrogens is 155 g/mol. The third-order valence-corrected chi connectivity index (χ3v) is 2.04. The first kappa shape index (κ1) is 10.1. The summed E-state index contributed by atoms with van der Waals surface area (Å²) in [6, 6.07) is 10.6. The smallest absolute Gasteiger partial charge is 0.103 e. The third-order valence-electron chi connectivity index (χ3n) is 2.04. The quantitative estimate of drug-likeness (QED) is 0.350. The minimum absolute atomic E-state index is 1.10. The number of benzene rings is 1. The Bertz CT molecular complexity index is 228. The Balaban J connectivity index is 2.10. The lowest BCUT2D eigenvalue weighted by atomic mass is 9.67. The van der Waals surface area contributed by atoms with E-state index >= 15 is 0 Å². The van der Waals surface area contributed by atoms with Gasteiger partial charge in [-0.2, -0.15) is 0 Å². The van der Waals surface area contributed by atoms with E-state index in [2.05, 4.69) is 44.2 Å². The number of rotatable bonds is 6. The van der Waals surface area contributed by atoms with Crippen LogP contribution in [-0.4, -0.2) is 7.28 Å². The fraction of sp³-hybridized carbons (Fsp3) is 0.333. The van der Waals surface area contributed by atoms with Gasteiger partial charge in [0.05, 0.1) is 0 Å². The molecule has 0 saturated carbocycles. The SMILES string of the molecule is C=CCCC[B]Cc1ccccc1. The Morgan fingerprint density at radius 1 is 1.23 bits per heavy atom. The van der Waals surface area contributed by atoms with Gasteiger partial charge < -0.3 is 0 Å². The standard InChI is InChI=1S/C12H16B/c1-2-3-7-10-13-11-12-8-5-4-6-9-12/h2,4-6,8-9H,1,3,7,10-11H2. The molecule has 0 amide bonds. The highest BCUT2D eigenvalue weighted by Crippen LogP contribution is 2.02. The van der Waals surface area contributed by atoms with Gasteiger partial charge in [-0.25, -0.2) is 0 Å². The Morgan fingerprint density at radius 2 is 2.00 bits per heavy atom. The maximum atomic E-state index is 3.70. The molecule has 1 heteroatoms. The molecule has 0 aliphatic carbocycles. The molecule has 0 aliphatic heterocycles. The maximum absolute atomic E-state index is 3.70. The first-order valence-corrected chi connectivity index (χ1v) is 4.90. The molecule has 0 bridgehead atoms. The van der Waals surface area contributed by atoms with E-state index in [4.69, 9.17) is 0 Å². The maximum Gasteiger partial charge on any atom is 0.115 e. The van der Waals surface area contributed by atoms with E-state index in [1.165, 1.54) is 18.3 Å². The van der Waals surface area contributed by atoms with Crippen LogP contribution < -0.4 is 0 Å². The van der Waals surface area contributed by atoms with Crippen molar-refractivity contribution in [1.82, 2.24) is 0 Å². The van der Waals surface area contributed by atoms with Crippen molar-refractivity contribution in [3.8, 4) is 0 Å². The van der Waals surface area contributed by atoms with E-state index < -0.39 is 0 Å².